The van der Waals surface area contributed by atoms with E-state index in [2.05, 4.69) is 0 Å². The van der Waals surface area contributed by atoms with E-state index >= 15 is 0 Å². The Morgan fingerprint density at radius 3 is 1.71 bits per heavy atom. The van der Waals surface area contributed by atoms with Crippen LogP contribution in [-0.2, 0) is 19.7 Å². The third kappa shape index (κ3) is 3.43. The van der Waals surface area contributed by atoms with Crippen molar-refractivity contribution >= 4 is 31.3 Å². The van der Waals surface area contributed by atoms with Gasteiger partial charge in [0.2, 0.25) is 0 Å². The summed E-state index contributed by atoms with van der Waals surface area (Å²) in [6.07, 6.45) is 0. The minimum atomic E-state index is -3.41. The van der Waals surface area contributed by atoms with Crippen LogP contribution in [0.15, 0.2) is 34.1 Å². The second-order valence-corrected chi connectivity index (χ2v) is 8.15. The summed E-state index contributed by atoms with van der Waals surface area (Å²) in [6.45, 7) is 1.54. The average Bonchev–Trinajstić information content (AvgIpc) is 2.29. The van der Waals surface area contributed by atoms with Gasteiger partial charge in [-0.25, -0.2) is 16.8 Å². The van der Waals surface area contributed by atoms with Gasteiger partial charge in [0, 0.05) is 5.88 Å². The highest BCUT2D eigenvalue weighted by atomic mass is 35.5. The number of hydrogen-bond donors (Lipinski definition) is 0. The van der Waals surface area contributed by atoms with Crippen molar-refractivity contribution in [1.29, 1.82) is 0 Å². The molecule has 4 nitrogen and oxygen atoms in total. The first kappa shape index (κ1) is 14.5. The van der Waals surface area contributed by atoms with Gasteiger partial charge in [-0.2, -0.15) is 0 Å². The summed E-state index contributed by atoms with van der Waals surface area (Å²) in [5.74, 6) is -0.160. The van der Waals surface area contributed by atoms with Crippen LogP contribution in [0.25, 0.3) is 0 Å². The van der Waals surface area contributed by atoms with Gasteiger partial charge in [0.1, 0.15) is 0 Å². The minimum absolute atomic E-state index is 0.0113. The van der Waals surface area contributed by atoms with E-state index in [9.17, 15) is 16.8 Å². The monoisotopic (exact) mass is 296 g/mol. The molecular weight excluding hydrogens is 284 g/mol. The molecular formula is C10H13ClO4S2. The summed E-state index contributed by atoms with van der Waals surface area (Å²) in [6, 6.07) is 5.20. The summed E-state index contributed by atoms with van der Waals surface area (Å²) >= 11 is 5.39. The van der Waals surface area contributed by atoms with Gasteiger partial charge in [0.15, 0.2) is 19.7 Å². The Kier molecular flexibility index (Phi) is 4.57. The topological polar surface area (TPSA) is 68.3 Å². The zero-order valence-electron chi connectivity index (χ0n) is 9.26. The molecule has 0 amide bonds. The molecule has 0 aliphatic heterocycles. The molecule has 0 radical (unpaired) electrons. The number of halogens is 1. The molecule has 7 heteroatoms. The Hall–Kier alpha value is -0.590. The van der Waals surface area contributed by atoms with Crippen molar-refractivity contribution in [1.82, 2.24) is 0 Å². The Balaban J connectivity index is 3.13. The maximum absolute atomic E-state index is 11.6. The van der Waals surface area contributed by atoms with Crippen LogP contribution in [0.4, 0.5) is 0 Å². The highest BCUT2D eigenvalue weighted by Crippen LogP contribution is 2.16. The van der Waals surface area contributed by atoms with Gasteiger partial charge >= 0.3 is 0 Å². The number of rotatable bonds is 5. The van der Waals surface area contributed by atoms with E-state index in [1.807, 2.05) is 0 Å². The normalized spacial score (nSPS) is 12.6. The average molecular weight is 297 g/mol. The predicted octanol–water partition coefficient (Wildman–Crippen LogP) is 1.49. The van der Waals surface area contributed by atoms with Crippen molar-refractivity contribution in [3.63, 3.8) is 0 Å². The fourth-order valence-corrected chi connectivity index (χ4v) is 3.72. The van der Waals surface area contributed by atoms with E-state index in [0.29, 0.717) is 0 Å². The van der Waals surface area contributed by atoms with E-state index in [1.165, 1.54) is 31.2 Å². The summed E-state index contributed by atoms with van der Waals surface area (Å²) in [5.41, 5.74) is 0. The lowest BCUT2D eigenvalue weighted by atomic mass is 10.4. The molecule has 0 atom stereocenters. The second-order valence-electron chi connectivity index (χ2n) is 3.38. The van der Waals surface area contributed by atoms with Crippen LogP contribution < -0.4 is 0 Å². The van der Waals surface area contributed by atoms with Crippen LogP contribution in [0, 0.1) is 0 Å². The van der Waals surface area contributed by atoms with Crippen molar-refractivity contribution in [2.24, 2.45) is 0 Å². The molecule has 96 valence electrons. The Morgan fingerprint density at radius 2 is 1.35 bits per heavy atom. The molecule has 1 rings (SSSR count). The molecule has 17 heavy (non-hydrogen) atoms. The molecule has 0 bridgehead atoms. The Morgan fingerprint density at radius 1 is 0.941 bits per heavy atom. The van der Waals surface area contributed by atoms with E-state index in [-0.39, 0.29) is 27.2 Å². The van der Waals surface area contributed by atoms with E-state index in [0.717, 1.165) is 0 Å². The molecule has 0 N–H and O–H groups in total. The first-order valence-corrected chi connectivity index (χ1v) is 8.79. The summed E-state index contributed by atoms with van der Waals surface area (Å²) in [5, 5.41) is 0. The van der Waals surface area contributed by atoms with E-state index in [1.54, 1.807) is 0 Å². The van der Waals surface area contributed by atoms with Gasteiger partial charge in [0.25, 0.3) is 0 Å². The lowest BCUT2D eigenvalue weighted by Gasteiger charge is -2.04. The lowest BCUT2D eigenvalue weighted by Crippen LogP contribution is -2.09. The van der Waals surface area contributed by atoms with Crippen LogP contribution >= 0.6 is 11.6 Å². The molecule has 0 fully saturated rings. The SMILES string of the molecule is CCS(=O)(=O)c1ccc(S(=O)(=O)CCCl)cc1. The van der Waals surface area contributed by atoms with Gasteiger partial charge < -0.3 is 0 Å². The largest absolute Gasteiger partial charge is 0.224 e. The smallest absolute Gasteiger partial charge is 0.179 e. The predicted molar refractivity (Wildman–Crippen MR) is 66.9 cm³/mol. The van der Waals surface area contributed by atoms with Gasteiger partial charge in [-0.15, -0.1) is 11.6 Å². The maximum Gasteiger partial charge on any atom is 0.179 e. The van der Waals surface area contributed by atoms with Crippen LogP contribution in [0.5, 0.6) is 0 Å². The Labute approximate surface area is 106 Å². The first-order valence-electron chi connectivity index (χ1n) is 4.95. The second kappa shape index (κ2) is 5.37. The van der Waals surface area contributed by atoms with Crippen molar-refractivity contribution < 1.29 is 16.8 Å². The van der Waals surface area contributed by atoms with Crippen molar-refractivity contribution in [3.8, 4) is 0 Å². The molecule has 0 aromatic heterocycles. The fourth-order valence-electron chi connectivity index (χ4n) is 1.24. The van der Waals surface area contributed by atoms with Gasteiger partial charge in [0.05, 0.1) is 21.3 Å². The highest BCUT2D eigenvalue weighted by molar-refractivity contribution is 7.92. The number of sulfone groups is 2. The maximum atomic E-state index is 11.6. The number of benzene rings is 1. The summed E-state index contributed by atoms with van der Waals surface area (Å²) in [7, 11) is -6.70. The Bertz CT molecular complexity index is 573. The summed E-state index contributed by atoms with van der Waals surface area (Å²) < 4.78 is 46.3. The summed E-state index contributed by atoms with van der Waals surface area (Å²) in [4.78, 5) is 0.220. The quantitative estimate of drug-likeness (QED) is 0.772. The first-order chi connectivity index (χ1) is 7.83. The molecule has 0 saturated heterocycles. The van der Waals surface area contributed by atoms with E-state index in [4.69, 9.17) is 11.6 Å². The molecule has 1 aromatic rings. The number of hydrogen-bond acceptors (Lipinski definition) is 4. The fraction of sp³-hybridized carbons (Fsp3) is 0.400. The van der Waals surface area contributed by atoms with Crippen LogP contribution in [0.2, 0.25) is 0 Å². The lowest BCUT2D eigenvalue weighted by molar-refractivity contribution is 0.593. The van der Waals surface area contributed by atoms with Crippen molar-refractivity contribution in [2.45, 2.75) is 16.7 Å². The zero-order chi connectivity index (χ0) is 13.1. The van der Waals surface area contributed by atoms with E-state index < -0.39 is 19.7 Å². The molecule has 0 saturated carbocycles. The highest BCUT2D eigenvalue weighted by Gasteiger charge is 2.16. The van der Waals surface area contributed by atoms with Crippen LogP contribution in [0.3, 0.4) is 0 Å². The molecule has 1 aromatic carbocycles. The molecule has 0 unspecified atom stereocenters. The van der Waals surface area contributed by atoms with Gasteiger partial charge in [-0.1, -0.05) is 6.92 Å². The van der Waals surface area contributed by atoms with Gasteiger partial charge in [-0.05, 0) is 24.3 Å². The molecule has 0 heterocycles. The standard InChI is InChI=1S/C10H13ClO4S2/c1-2-16(12,13)9-3-5-10(6-4-9)17(14,15)8-7-11/h3-6H,2,7-8H2,1H3. The minimum Gasteiger partial charge on any atom is -0.224 e. The third-order valence-corrected chi connectivity index (χ3v) is 6.16. The van der Waals surface area contributed by atoms with Gasteiger partial charge in [-0.3, -0.25) is 0 Å². The zero-order valence-corrected chi connectivity index (χ0v) is 11.6. The van der Waals surface area contributed by atoms with Crippen LogP contribution in [0.1, 0.15) is 6.92 Å². The van der Waals surface area contributed by atoms with Crippen molar-refractivity contribution in [3.05, 3.63) is 24.3 Å². The molecule has 0 aliphatic rings. The molecule has 0 spiro atoms. The van der Waals surface area contributed by atoms with Crippen molar-refractivity contribution in [2.75, 3.05) is 17.4 Å². The molecule has 0 aliphatic carbocycles. The third-order valence-electron chi connectivity index (χ3n) is 2.27. The van der Waals surface area contributed by atoms with Crippen LogP contribution in [-0.4, -0.2) is 34.2 Å². The number of alkyl halides is 1.